The molecule has 0 bridgehead atoms. The molecule has 0 spiro atoms. The molecule has 1 aliphatic rings. The van der Waals surface area contributed by atoms with E-state index in [1.54, 1.807) is 11.1 Å². The van der Waals surface area contributed by atoms with Crippen LogP contribution in [0.15, 0.2) is 42.6 Å². The molecule has 2 heterocycles. The third kappa shape index (κ3) is 4.49. The molecule has 0 radical (unpaired) electrons. The largest absolute Gasteiger partial charge is 0.353 e. The average molecular weight is 377 g/mol. The average Bonchev–Trinajstić information content (AvgIpc) is 2.65. The van der Waals surface area contributed by atoms with E-state index in [4.69, 9.17) is 11.6 Å². The smallest absolute Gasteiger partial charge is 0.233 e. The summed E-state index contributed by atoms with van der Waals surface area (Å²) in [5.74, 6) is -0.377. The maximum absolute atomic E-state index is 13.1. The normalized spacial score (nSPS) is 14.2. The van der Waals surface area contributed by atoms with Crippen molar-refractivity contribution in [1.29, 1.82) is 0 Å². The number of carbonyl (C=O) groups is 2. The number of halogens is 2. The SMILES string of the molecule is O=C(CC(=O)N1CCN(c2ccccn2)CC1)Nc1ccc(F)c(Cl)c1. The minimum Gasteiger partial charge on any atom is -0.353 e. The van der Waals surface area contributed by atoms with Gasteiger partial charge in [0.05, 0.1) is 5.02 Å². The third-order valence-corrected chi connectivity index (χ3v) is 4.41. The molecule has 1 N–H and O–H groups in total. The van der Waals surface area contributed by atoms with Crippen LogP contribution in [0.25, 0.3) is 0 Å². The second-order valence-electron chi connectivity index (χ2n) is 5.91. The molecule has 1 aromatic heterocycles. The standard InChI is InChI=1S/C18H18ClFN4O2/c19-14-11-13(4-5-15(14)20)22-17(25)12-18(26)24-9-7-23(8-10-24)16-3-1-2-6-21-16/h1-6,11H,7-10,12H2,(H,22,25). The van der Waals surface area contributed by atoms with Crippen LogP contribution in [0, 0.1) is 5.82 Å². The summed E-state index contributed by atoms with van der Waals surface area (Å²) in [4.78, 5) is 32.4. The molecular weight excluding hydrogens is 359 g/mol. The maximum atomic E-state index is 13.1. The predicted molar refractivity (Wildman–Crippen MR) is 97.7 cm³/mol. The molecule has 0 saturated carbocycles. The monoisotopic (exact) mass is 376 g/mol. The number of nitrogens with one attached hydrogen (secondary N) is 1. The first-order chi connectivity index (χ1) is 12.5. The number of hydrogen-bond donors (Lipinski definition) is 1. The molecule has 136 valence electrons. The van der Waals surface area contributed by atoms with Crippen molar-refractivity contribution < 1.29 is 14.0 Å². The fourth-order valence-electron chi connectivity index (χ4n) is 2.75. The zero-order valence-corrected chi connectivity index (χ0v) is 14.7. The maximum Gasteiger partial charge on any atom is 0.233 e. The van der Waals surface area contributed by atoms with Crippen LogP contribution in [-0.4, -0.2) is 47.9 Å². The van der Waals surface area contributed by atoms with E-state index in [1.165, 1.54) is 12.1 Å². The second-order valence-corrected chi connectivity index (χ2v) is 6.32. The van der Waals surface area contributed by atoms with Gasteiger partial charge in [0, 0.05) is 38.1 Å². The van der Waals surface area contributed by atoms with E-state index in [9.17, 15) is 14.0 Å². The Labute approximate surface area is 155 Å². The van der Waals surface area contributed by atoms with Gasteiger partial charge in [0.15, 0.2) is 0 Å². The van der Waals surface area contributed by atoms with E-state index >= 15 is 0 Å². The van der Waals surface area contributed by atoms with E-state index in [0.29, 0.717) is 31.9 Å². The van der Waals surface area contributed by atoms with Gasteiger partial charge in [0.25, 0.3) is 0 Å². The molecule has 8 heteroatoms. The minimum atomic E-state index is -0.563. The van der Waals surface area contributed by atoms with Crippen LogP contribution in [-0.2, 0) is 9.59 Å². The Morgan fingerprint density at radius 2 is 1.92 bits per heavy atom. The van der Waals surface area contributed by atoms with Crippen molar-refractivity contribution in [3.05, 3.63) is 53.4 Å². The van der Waals surface area contributed by atoms with E-state index < -0.39 is 11.7 Å². The summed E-state index contributed by atoms with van der Waals surface area (Å²) in [6.45, 7) is 2.39. The highest BCUT2D eigenvalue weighted by molar-refractivity contribution is 6.31. The van der Waals surface area contributed by atoms with Crippen LogP contribution < -0.4 is 10.2 Å². The van der Waals surface area contributed by atoms with Gasteiger partial charge in [-0.3, -0.25) is 9.59 Å². The highest BCUT2D eigenvalue weighted by atomic mass is 35.5. The number of carbonyl (C=O) groups excluding carboxylic acids is 2. The number of amides is 2. The van der Waals surface area contributed by atoms with Gasteiger partial charge in [-0.15, -0.1) is 0 Å². The molecule has 0 atom stereocenters. The molecule has 6 nitrogen and oxygen atoms in total. The van der Waals surface area contributed by atoms with Crippen molar-refractivity contribution in [3.8, 4) is 0 Å². The molecule has 0 unspecified atom stereocenters. The van der Waals surface area contributed by atoms with E-state index in [0.717, 1.165) is 11.9 Å². The molecule has 3 rings (SSSR count). The molecule has 2 amide bonds. The molecule has 1 aliphatic heterocycles. The number of piperazine rings is 1. The van der Waals surface area contributed by atoms with Crippen molar-refractivity contribution in [2.75, 3.05) is 36.4 Å². The van der Waals surface area contributed by atoms with Gasteiger partial charge in [0.2, 0.25) is 11.8 Å². The molecule has 1 saturated heterocycles. The third-order valence-electron chi connectivity index (χ3n) is 4.12. The number of anilines is 2. The Morgan fingerprint density at radius 1 is 1.15 bits per heavy atom. The van der Waals surface area contributed by atoms with E-state index in [-0.39, 0.29) is 17.4 Å². The van der Waals surface area contributed by atoms with Gasteiger partial charge in [-0.25, -0.2) is 9.37 Å². The quantitative estimate of drug-likeness (QED) is 0.833. The molecule has 1 aromatic carbocycles. The molecule has 1 fully saturated rings. The van der Waals surface area contributed by atoms with Gasteiger partial charge in [0.1, 0.15) is 18.1 Å². The lowest BCUT2D eigenvalue weighted by Gasteiger charge is -2.35. The Hall–Kier alpha value is -2.67. The van der Waals surface area contributed by atoms with Crippen molar-refractivity contribution in [1.82, 2.24) is 9.88 Å². The molecular formula is C18H18ClFN4O2. The zero-order chi connectivity index (χ0) is 18.5. The number of nitrogens with zero attached hydrogens (tertiary/aromatic N) is 3. The van der Waals surface area contributed by atoms with Crippen molar-refractivity contribution in [2.45, 2.75) is 6.42 Å². The number of aromatic nitrogens is 1. The highest BCUT2D eigenvalue weighted by Crippen LogP contribution is 2.19. The van der Waals surface area contributed by atoms with Crippen LogP contribution in [0.4, 0.5) is 15.9 Å². The van der Waals surface area contributed by atoms with Gasteiger partial charge < -0.3 is 15.1 Å². The van der Waals surface area contributed by atoms with Crippen molar-refractivity contribution >= 4 is 34.9 Å². The zero-order valence-electron chi connectivity index (χ0n) is 14.0. The first kappa shape index (κ1) is 18.1. The minimum absolute atomic E-state index is 0.0835. The van der Waals surface area contributed by atoms with Gasteiger partial charge >= 0.3 is 0 Å². The summed E-state index contributed by atoms with van der Waals surface area (Å²) < 4.78 is 13.1. The van der Waals surface area contributed by atoms with Crippen LogP contribution in [0.2, 0.25) is 5.02 Å². The first-order valence-electron chi connectivity index (χ1n) is 8.21. The van der Waals surface area contributed by atoms with Crippen LogP contribution >= 0.6 is 11.6 Å². The molecule has 26 heavy (non-hydrogen) atoms. The summed E-state index contributed by atoms with van der Waals surface area (Å²) in [5.41, 5.74) is 0.356. The topological polar surface area (TPSA) is 65.5 Å². The van der Waals surface area contributed by atoms with Gasteiger partial charge in [-0.2, -0.15) is 0 Å². The van der Waals surface area contributed by atoms with E-state index in [2.05, 4.69) is 15.2 Å². The van der Waals surface area contributed by atoms with Gasteiger partial charge in [-0.05, 0) is 30.3 Å². The fourth-order valence-corrected chi connectivity index (χ4v) is 2.93. The summed E-state index contributed by atoms with van der Waals surface area (Å²) in [6.07, 6.45) is 1.47. The summed E-state index contributed by atoms with van der Waals surface area (Å²) in [7, 11) is 0. The number of pyridine rings is 1. The van der Waals surface area contributed by atoms with Crippen LogP contribution in [0.5, 0.6) is 0 Å². The van der Waals surface area contributed by atoms with Crippen LogP contribution in [0.1, 0.15) is 6.42 Å². The Balaban J connectivity index is 1.49. The Morgan fingerprint density at radius 3 is 2.58 bits per heavy atom. The van der Waals surface area contributed by atoms with E-state index in [1.807, 2.05) is 18.2 Å². The van der Waals surface area contributed by atoms with Crippen molar-refractivity contribution in [3.63, 3.8) is 0 Å². The summed E-state index contributed by atoms with van der Waals surface area (Å²) in [5, 5.41) is 2.47. The number of benzene rings is 1. The predicted octanol–water partition coefficient (Wildman–Crippen LogP) is 2.55. The number of hydrogen-bond acceptors (Lipinski definition) is 4. The lowest BCUT2D eigenvalue weighted by molar-refractivity contribution is -0.134. The highest BCUT2D eigenvalue weighted by Gasteiger charge is 2.23. The molecule has 2 aromatic rings. The van der Waals surface area contributed by atoms with Crippen LogP contribution in [0.3, 0.4) is 0 Å². The first-order valence-corrected chi connectivity index (χ1v) is 8.59. The summed E-state index contributed by atoms with van der Waals surface area (Å²) >= 11 is 5.68. The second kappa shape index (κ2) is 8.14. The molecule has 0 aliphatic carbocycles. The fraction of sp³-hybridized carbons (Fsp3) is 0.278. The lowest BCUT2D eigenvalue weighted by atomic mass is 10.2. The van der Waals surface area contributed by atoms with Gasteiger partial charge in [-0.1, -0.05) is 17.7 Å². The van der Waals surface area contributed by atoms with Crippen molar-refractivity contribution in [2.24, 2.45) is 0 Å². The Kier molecular flexibility index (Phi) is 5.68. The number of rotatable bonds is 4. The lowest BCUT2D eigenvalue weighted by Crippen LogP contribution is -2.49. The summed E-state index contributed by atoms with van der Waals surface area (Å²) in [6, 6.07) is 9.58. The Bertz CT molecular complexity index is 795.